The van der Waals surface area contributed by atoms with Crippen molar-refractivity contribution in [1.82, 2.24) is 0 Å². The predicted octanol–water partition coefficient (Wildman–Crippen LogP) is 0.639. The molecule has 0 fully saturated rings. The van der Waals surface area contributed by atoms with E-state index in [1.807, 2.05) is 6.92 Å². The Labute approximate surface area is 72.3 Å². The van der Waals surface area contributed by atoms with Gasteiger partial charge in [0.05, 0.1) is 31.8 Å². The predicted molar refractivity (Wildman–Crippen MR) is 44.0 cm³/mol. The van der Waals surface area contributed by atoms with E-state index in [0.29, 0.717) is 19.8 Å². The molecule has 1 atom stereocenters. The highest BCUT2D eigenvalue weighted by molar-refractivity contribution is 6.18. The fourth-order valence-corrected chi connectivity index (χ4v) is 0.615. The van der Waals surface area contributed by atoms with Gasteiger partial charge in [0.1, 0.15) is 0 Å². The van der Waals surface area contributed by atoms with Gasteiger partial charge in [-0.15, -0.1) is 11.6 Å². The quantitative estimate of drug-likeness (QED) is 0.464. The molecule has 0 bridgehead atoms. The van der Waals surface area contributed by atoms with E-state index >= 15 is 0 Å². The number of hydrogen-bond acceptors (Lipinski definition) is 3. The van der Waals surface area contributed by atoms with Gasteiger partial charge in [0.25, 0.3) is 0 Å². The molecule has 0 aromatic rings. The smallest absolute Gasteiger partial charge is 0.0908 e. The number of rotatable bonds is 7. The highest BCUT2D eigenvalue weighted by Crippen LogP contribution is 1.88. The van der Waals surface area contributed by atoms with Crippen molar-refractivity contribution in [3.8, 4) is 0 Å². The largest absolute Gasteiger partial charge is 0.389 e. The Hall–Kier alpha value is 0.170. The molecule has 4 heteroatoms. The van der Waals surface area contributed by atoms with Crippen LogP contribution >= 0.6 is 11.6 Å². The Balaban J connectivity index is 2.89. The van der Waals surface area contributed by atoms with Gasteiger partial charge in [-0.1, -0.05) is 0 Å². The average molecular weight is 183 g/mol. The van der Waals surface area contributed by atoms with E-state index in [9.17, 15) is 0 Å². The Morgan fingerprint density at radius 2 is 2.00 bits per heavy atom. The van der Waals surface area contributed by atoms with Crippen LogP contribution in [0.15, 0.2) is 0 Å². The molecule has 0 spiro atoms. The van der Waals surface area contributed by atoms with Crippen molar-refractivity contribution in [3.63, 3.8) is 0 Å². The van der Waals surface area contributed by atoms with Crippen LogP contribution in [0.2, 0.25) is 0 Å². The highest BCUT2D eigenvalue weighted by Gasteiger charge is 2.00. The SMILES string of the molecule is CCOCCOC[C@@H](O)CCl. The Morgan fingerprint density at radius 3 is 2.55 bits per heavy atom. The zero-order chi connectivity index (χ0) is 8.53. The standard InChI is InChI=1S/C7H15ClO3/c1-2-10-3-4-11-6-7(9)5-8/h7,9H,2-6H2,1H3/t7-/m0/s1. The summed E-state index contributed by atoms with van der Waals surface area (Å²) in [6, 6.07) is 0. The van der Waals surface area contributed by atoms with Crippen LogP contribution in [0.25, 0.3) is 0 Å². The molecular formula is C7H15ClO3. The van der Waals surface area contributed by atoms with E-state index in [1.165, 1.54) is 0 Å². The molecule has 0 saturated heterocycles. The maximum Gasteiger partial charge on any atom is 0.0908 e. The molecule has 0 heterocycles. The summed E-state index contributed by atoms with van der Waals surface area (Å²) >= 11 is 5.33. The second-order valence-corrected chi connectivity index (χ2v) is 2.39. The summed E-state index contributed by atoms with van der Waals surface area (Å²) in [6.07, 6.45) is -0.557. The normalized spacial score (nSPS) is 13.4. The van der Waals surface area contributed by atoms with Gasteiger partial charge in [0.15, 0.2) is 0 Å². The zero-order valence-electron chi connectivity index (χ0n) is 6.75. The molecule has 0 rings (SSSR count). The van der Waals surface area contributed by atoms with Crippen LogP contribution in [0.4, 0.5) is 0 Å². The second kappa shape index (κ2) is 8.27. The summed E-state index contributed by atoms with van der Waals surface area (Å²) in [7, 11) is 0. The lowest BCUT2D eigenvalue weighted by Gasteiger charge is -2.07. The van der Waals surface area contributed by atoms with E-state index in [1.54, 1.807) is 0 Å². The number of halogens is 1. The Kier molecular flexibility index (Phi) is 8.40. The van der Waals surface area contributed by atoms with Gasteiger partial charge >= 0.3 is 0 Å². The van der Waals surface area contributed by atoms with Crippen LogP contribution < -0.4 is 0 Å². The summed E-state index contributed by atoms with van der Waals surface area (Å²) < 4.78 is 10.0. The molecule has 0 aliphatic rings. The van der Waals surface area contributed by atoms with Crippen molar-refractivity contribution >= 4 is 11.6 Å². The number of hydrogen-bond donors (Lipinski definition) is 1. The van der Waals surface area contributed by atoms with Gasteiger partial charge in [-0.3, -0.25) is 0 Å². The number of aliphatic hydroxyl groups excluding tert-OH is 1. The van der Waals surface area contributed by atoms with Crippen LogP contribution in [-0.2, 0) is 9.47 Å². The van der Waals surface area contributed by atoms with Crippen molar-refractivity contribution < 1.29 is 14.6 Å². The fourth-order valence-electron chi connectivity index (χ4n) is 0.526. The van der Waals surface area contributed by atoms with Gasteiger partial charge in [-0.25, -0.2) is 0 Å². The number of alkyl halides is 1. The van der Waals surface area contributed by atoms with Crippen LogP contribution in [0.5, 0.6) is 0 Å². The van der Waals surface area contributed by atoms with E-state index in [4.69, 9.17) is 26.2 Å². The minimum Gasteiger partial charge on any atom is -0.389 e. The third-order valence-electron chi connectivity index (χ3n) is 1.06. The monoisotopic (exact) mass is 182 g/mol. The molecule has 0 aliphatic heterocycles. The maximum absolute atomic E-state index is 8.92. The number of aliphatic hydroxyl groups is 1. The molecule has 0 aliphatic carbocycles. The third kappa shape index (κ3) is 8.07. The minimum atomic E-state index is -0.557. The lowest BCUT2D eigenvalue weighted by atomic mass is 10.4. The second-order valence-electron chi connectivity index (χ2n) is 2.08. The molecule has 68 valence electrons. The van der Waals surface area contributed by atoms with Crippen LogP contribution in [0.3, 0.4) is 0 Å². The average Bonchev–Trinajstić information content (AvgIpc) is 2.04. The summed E-state index contributed by atoms with van der Waals surface area (Å²) in [6.45, 7) is 4.00. The molecule has 0 radical (unpaired) electrons. The molecule has 0 amide bonds. The Bertz CT molecular complexity index is 80.1. The molecule has 0 saturated carbocycles. The zero-order valence-corrected chi connectivity index (χ0v) is 7.51. The van der Waals surface area contributed by atoms with Crippen molar-refractivity contribution in [1.29, 1.82) is 0 Å². The maximum atomic E-state index is 8.92. The van der Waals surface area contributed by atoms with Gasteiger partial charge in [0, 0.05) is 6.61 Å². The van der Waals surface area contributed by atoms with E-state index in [-0.39, 0.29) is 12.5 Å². The molecular weight excluding hydrogens is 168 g/mol. The molecule has 3 nitrogen and oxygen atoms in total. The van der Waals surface area contributed by atoms with Gasteiger partial charge in [-0.2, -0.15) is 0 Å². The topological polar surface area (TPSA) is 38.7 Å². The van der Waals surface area contributed by atoms with E-state index < -0.39 is 6.10 Å². The van der Waals surface area contributed by atoms with E-state index in [0.717, 1.165) is 0 Å². The first-order chi connectivity index (χ1) is 5.31. The Morgan fingerprint density at radius 1 is 1.36 bits per heavy atom. The van der Waals surface area contributed by atoms with Crippen LogP contribution in [0.1, 0.15) is 6.92 Å². The minimum absolute atomic E-state index is 0.217. The van der Waals surface area contributed by atoms with Gasteiger partial charge in [0.2, 0.25) is 0 Å². The van der Waals surface area contributed by atoms with E-state index in [2.05, 4.69) is 0 Å². The summed E-state index contributed by atoms with van der Waals surface area (Å²) in [5.41, 5.74) is 0. The summed E-state index contributed by atoms with van der Waals surface area (Å²) in [4.78, 5) is 0. The first kappa shape index (κ1) is 11.2. The molecule has 0 aromatic heterocycles. The first-order valence-corrected chi connectivity index (χ1v) is 4.24. The summed E-state index contributed by atoms with van der Waals surface area (Å²) in [5.74, 6) is 0.217. The van der Waals surface area contributed by atoms with Crippen LogP contribution in [0, 0.1) is 0 Å². The molecule has 0 unspecified atom stereocenters. The molecule has 11 heavy (non-hydrogen) atoms. The van der Waals surface area contributed by atoms with Crippen molar-refractivity contribution in [3.05, 3.63) is 0 Å². The molecule has 0 aromatic carbocycles. The van der Waals surface area contributed by atoms with Crippen molar-refractivity contribution in [2.45, 2.75) is 13.0 Å². The van der Waals surface area contributed by atoms with Gasteiger partial charge < -0.3 is 14.6 Å². The fraction of sp³-hybridized carbons (Fsp3) is 1.00. The van der Waals surface area contributed by atoms with Crippen LogP contribution in [-0.4, -0.2) is 43.5 Å². The van der Waals surface area contributed by atoms with Crippen molar-refractivity contribution in [2.24, 2.45) is 0 Å². The highest BCUT2D eigenvalue weighted by atomic mass is 35.5. The summed E-state index contributed by atoms with van der Waals surface area (Å²) in [5, 5.41) is 8.92. The third-order valence-corrected chi connectivity index (χ3v) is 1.42. The van der Waals surface area contributed by atoms with Gasteiger partial charge in [-0.05, 0) is 6.92 Å². The molecule has 1 N–H and O–H groups in total. The lowest BCUT2D eigenvalue weighted by Crippen LogP contribution is -2.18. The van der Waals surface area contributed by atoms with Crippen molar-refractivity contribution in [2.75, 3.05) is 32.3 Å². The first-order valence-electron chi connectivity index (χ1n) is 3.70. The lowest BCUT2D eigenvalue weighted by molar-refractivity contribution is 0.0130. The number of ether oxygens (including phenoxy) is 2.